The first-order valence-electron chi connectivity index (χ1n) is 5.82. The molecule has 0 saturated carbocycles. The van der Waals surface area contributed by atoms with Gasteiger partial charge < -0.3 is 15.0 Å². The highest BCUT2D eigenvalue weighted by atomic mass is 35.5. The molecule has 2 aromatic heterocycles. The van der Waals surface area contributed by atoms with E-state index in [2.05, 4.69) is 15.3 Å². The predicted molar refractivity (Wildman–Crippen MR) is 71.2 cm³/mol. The summed E-state index contributed by atoms with van der Waals surface area (Å²) in [6, 6.07) is 0. The average Bonchev–Trinajstić information content (AvgIpc) is 2.80. The molecule has 5 nitrogen and oxygen atoms in total. The van der Waals surface area contributed by atoms with Crippen molar-refractivity contribution in [2.45, 2.75) is 19.2 Å². The van der Waals surface area contributed by atoms with E-state index >= 15 is 0 Å². The Bertz CT molecular complexity index is 684. The molecule has 0 unspecified atom stereocenters. The van der Waals surface area contributed by atoms with Crippen molar-refractivity contribution in [2.24, 2.45) is 0 Å². The maximum atomic E-state index is 12.8. The minimum Gasteiger partial charge on any atom is -0.372 e. The molecule has 2 aromatic rings. The van der Waals surface area contributed by atoms with Crippen molar-refractivity contribution in [1.82, 2.24) is 9.97 Å². The molecule has 0 aliphatic rings. The largest absolute Gasteiger partial charge is 0.419 e. The number of nitrogens with zero attached hydrogens (tertiary/aromatic N) is 1. The van der Waals surface area contributed by atoms with E-state index in [0.29, 0.717) is 6.20 Å². The summed E-state index contributed by atoms with van der Waals surface area (Å²) in [5, 5.41) is 1.93. The van der Waals surface area contributed by atoms with Gasteiger partial charge in [-0.3, -0.25) is 4.79 Å². The maximum Gasteiger partial charge on any atom is 0.419 e. The smallest absolute Gasteiger partial charge is 0.372 e. The number of aromatic amines is 1. The van der Waals surface area contributed by atoms with Crippen LogP contribution in [0.4, 0.5) is 18.9 Å². The van der Waals surface area contributed by atoms with E-state index in [1.54, 1.807) is 0 Å². The van der Waals surface area contributed by atoms with Crippen molar-refractivity contribution in [3.05, 3.63) is 23.0 Å². The van der Waals surface area contributed by atoms with Gasteiger partial charge >= 0.3 is 6.18 Å². The molecule has 1 atom stereocenters. The number of hydrogen-bond acceptors (Lipinski definition) is 3. The number of methoxy groups -OCH3 is 1. The number of amides is 1. The molecule has 0 aromatic carbocycles. The number of H-pyrrole nitrogens is 1. The zero-order chi connectivity index (χ0) is 15.8. The second kappa shape index (κ2) is 5.53. The Kier molecular flexibility index (Phi) is 4.11. The van der Waals surface area contributed by atoms with Crippen LogP contribution in [0.3, 0.4) is 0 Å². The molecule has 2 rings (SSSR count). The molecule has 0 saturated heterocycles. The fraction of sp³-hybridized carbons (Fsp3) is 0.333. The molecule has 0 aliphatic carbocycles. The van der Waals surface area contributed by atoms with Crippen LogP contribution in [0, 0.1) is 0 Å². The Labute approximate surface area is 122 Å². The monoisotopic (exact) mass is 321 g/mol. The SMILES string of the molecule is CO[C@H](C)C(=O)Nc1c[nH]c2ncc(C(F)(F)F)c(Cl)c12. The maximum absolute atomic E-state index is 12.8. The Morgan fingerprint density at radius 2 is 2.19 bits per heavy atom. The van der Waals surface area contributed by atoms with Gasteiger partial charge in [0.05, 0.1) is 21.7 Å². The van der Waals surface area contributed by atoms with Gasteiger partial charge in [0.15, 0.2) is 0 Å². The summed E-state index contributed by atoms with van der Waals surface area (Å²) in [6.45, 7) is 1.51. The third-order valence-electron chi connectivity index (χ3n) is 2.92. The second-order valence-corrected chi connectivity index (χ2v) is 4.65. The Balaban J connectivity index is 2.49. The molecular formula is C12H11ClF3N3O2. The molecule has 2 N–H and O–H groups in total. The number of carbonyl (C=O) groups is 1. The Hall–Kier alpha value is -1.80. The summed E-state index contributed by atoms with van der Waals surface area (Å²) in [4.78, 5) is 18.1. The number of ether oxygens (including phenoxy) is 1. The van der Waals surface area contributed by atoms with Crippen molar-refractivity contribution in [1.29, 1.82) is 0 Å². The minimum atomic E-state index is -4.63. The lowest BCUT2D eigenvalue weighted by atomic mass is 10.2. The molecule has 0 radical (unpaired) electrons. The van der Waals surface area contributed by atoms with Crippen molar-refractivity contribution < 1.29 is 22.7 Å². The molecule has 0 spiro atoms. The quantitative estimate of drug-likeness (QED) is 0.912. The summed E-state index contributed by atoms with van der Waals surface area (Å²) in [7, 11) is 1.34. The molecule has 0 fully saturated rings. The number of hydrogen-bond donors (Lipinski definition) is 2. The average molecular weight is 322 g/mol. The van der Waals surface area contributed by atoms with E-state index in [0.717, 1.165) is 0 Å². The van der Waals surface area contributed by atoms with Crippen LogP contribution in [-0.4, -0.2) is 29.1 Å². The summed E-state index contributed by atoms with van der Waals surface area (Å²) in [6.07, 6.45) is -3.42. The standard InChI is InChI=1S/C12H11ClF3N3O2/c1-5(21-2)11(20)19-7-4-18-10-8(7)9(13)6(3-17-10)12(14,15)16/h3-5H,1-2H3,(H,17,18)(H,19,20)/t5-/m1/s1. The van der Waals surface area contributed by atoms with E-state index in [-0.39, 0.29) is 16.7 Å². The van der Waals surface area contributed by atoms with Gasteiger partial charge in [-0.1, -0.05) is 11.6 Å². The lowest BCUT2D eigenvalue weighted by Crippen LogP contribution is -2.26. The Morgan fingerprint density at radius 3 is 2.76 bits per heavy atom. The molecule has 1 amide bonds. The number of nitrogens with one attached hydrogen (secondary N) is 2. The van der Waals surface area contributed by atoms with E-state index in [4.69, 9.17) is 16.3 Å². The third-order valence-corrected chi connectivity index (χ3v) is 3.32. The van der Waals surface area contributed by atoms with E-state index < -0.39 is 28.8 Å². The number of aromatic nitrogens is 2. The number of fused-ring (bicyclic) bond motifs is 1. The fourth-order valence-electron chi connectivity index (χ4n) is 1.69. The van der Waals surface area contributed by atoms with Crippen molar-refractivity contribution in [3.63, 3.8) is 0 Å². The predicted octanol–water partition coefficient (Wildman–Crippen LogP) is 3.21. The van der Waals surface area contributed by atoms with E-state index in [1.807, 2.05) is 0 Å². The van der Waals surface area contributed by atoms with Gasteiger partial charge in [-0.2, -0.15) is 13.2 Å². The van der Waals surface area contributed by atoms with Gasteiger partial charge in [-0.25, -0.2) is 4.98 Å². The van der Waals surface area contributed by atoms with E-state index in [1.165, 1.54) is 20.2 Å². The number of anilines is 1. The van der Waals surface area contributed by atoms with Gasteiger partial charge in [0.1, 0.15) is 11.8 Å². The highest BCUT2D eigenvalue weighted by Crippen LogP contribution is 2.39. The van der Waals surface area contributed by atoms with Crippen molar-refractivity contribution in [2.75, 3.05) is 12.4 Å². The van der Waals surface area contributed by atoms with Gasteiger partial charge in [0.2, 0.25) is 0 Å². The first-order chi connectivity index (χ1) is 9.75. The zero-order valence-corrected chi connectivity index (χ0v) is 11.8. The second-order valence-electron chi connectivity index (χ2n) is 4.28. The molecule has 114 valence electrons. The number of pyridine rings is 1. The van der Waals surface area contributed by atoms with Gasteiger partial charge in [-0.05, 0) is 6.92 Å². The minimum absolute atomic E-state index is 0.00291. The molecule has 21 heavy (non-hydrogen) atoms. The Morgan fingerprint density at radius 1 is 1.52 bits per heavy atom. The van der Waals surface area contributed by atoms with Crippen LogP contribution in [-0.2, 0) is 15.7 Å². The molecule has 2 heterocycles. The summed E-state index contributed by atoms with van der Waals surface area (Å²) >= 11 is 5.81. The lowest BCUT2D eigenvalue weighted by Gasteiger charge is -2.12. The highest BCUT2D eigenvalue weighted by Gasteiger charge is 2.35. The van der Waals surface area contributed by atoms with Crippen LogP contribution in [0.25, 0.3) is 11.0 Å². The summed E-state index contributed by atoms with van der Waals surface area (Å²) in [5.74, 6) is -0.508. The number of carbonyl (C=O) groups excluding carboxylic acids is 1. The molecule has 9 heteroatoms. The fourth-order valence-corrected chi connectivity index (χ4v) is 2.04. The highest BCUT2D eigenvalue weighted by molar-refractivity contribution is 6.37. The topological polar surface area (TPSA) is 67.0 Å². The van der Waals surface area contributed by atoms with Gasteiger partial charge in [0, 0.05) is 19.5 Å². The zero-order valence-electron chi connectivity index (χ0n) is 11.0. The third kappa shape index (κ3) is 2.96. The number of alkyl halides is 3. The lowest BCUT2D eigenvalue weighted by molar-refractivity contribution is -0.137. The normalized spacial score (nSPS) is 13.4. The molecule has 0 aliphatic heterocycles. The van der Waals surface area contributed by atoms with Crippen molar-refractivity contribution in [3.8, 4) is 0 Å². The molecule has 0 bridgehead atoms. The first-order valence-corrected chi connectivity index (χ1v) is 6.20. The van der Waals surface area contributed by atoms with Crippen LogP contribution < -0.4 is 5.32 Å². The first kappa shape index (κ1) is 15.6. The number of rotatable bonds is 3. The van der Waals surface area contributed by atoms with Gasteiger partial charge in [-0.15, -0.1) is 0 Å². The molecular weight excluding hydrogens is 311 g/mol. The van der Waals surface area contributed by atoms with Crippen LogP contribution in [0.2, 0.25) is 5.02 Å². The van der Waals surface area contributed by atoms with Crippen LogP contribution >= 0.6 is 11.6 Å². The van der Waals surface area contributed by atoms with Crippen molar-refractivity contribution >= 4 is 34.2 Å². The summed E-state index contributed by atoms with van der Waals surface area (Å²) in [5.41, 5.74) is -0.803. The van der Waals surface area contributed by atoms with Crippen LogP contribution in [0.5, 0.6) is 0 Å². The van der Waals surface area contributed by atoms with Crippen LogP contribution in [0.15, 0.2) is 12.4 Å². The van der Waals surface area contributed by atoms with Gasteiger partial charge in [0.25, 0.3) is 5.91 Å². The summed E-state index contributed by atoms with van der Waals surface area (Å²) < 4.78 is 43.3. The number of halogens is 4. The van der Waals surface area contributed by atoms with E-state index in [9.17, 15) is 18.0 Å². The van der Waals surface area contributed by atoms with Crippen LogP contribution in [0.1, 0.15) is 12.5 Å².